The van der Waals surface area contributed by atoms with E-state index in [4.69, 9.17) is 11.6 Å². The van der Waals surface area contributed by atoms with Crippen LogP contribution in [0.4, 0.5) is 4.39 Å². The normalized spacial score (nSPS) is 15.6. The molecule has 1 aliphatic heterocycles. The highest BCUT2D eigenvalue weighted by Gasteiger charge is 2.24. The lowest BCUT2D eigenvalue weighted by molar-refractivity contribution is -0.123. The summed E-state index contributed by atoms with van der Waals surface area (Å²) in [6.07, 6.45) is 0.933. The average Bonchev–Trinajstić information content (AvgIpc) is 2.31. The van der Waals surface area contributed by atoms with Gasteiger partial charge in [-0.25, -0.2) is 9.37 Å². The molecule has 1 aliphatic rings. The van der Waals surface area contributed by atoms with Crippen LogP contribution in [0.3, 0.4) is 0 Å². The molecule has 0 saturated carbocycles. The van der Waals surface area contributed by atoms with Crippen molar-refractivity contribution in [3.8, 4) is 0 Å². The molecule has 1 fully saturated rings. The summed E-state index contributed by atoms with van der Waals surface area (Å²) in [7, 11) is 0. The molecule has 2 rings (SSSR count). The minimum atomic E-state index is -0.640. The van der Waals surface area contributed by atoms with Crippen molar-refractivity contribution in [3.63, 3.8) is 0 Å². The van der Waals surface area contributed by atoms with Gasteiger partial charge in [-0.3, -0.25) is 9.59 Å². The molecule has 7 heteroatoms. The van der Waals surface area contributed by atoms with E-state index in [0.717, 1.165) is 12.3 Å². The van der Waals surface area contributed by atoms with E-state index >= 15 is 0 Å². The number of pyridine rings is 1. The molecule has 2 amide bonds. The summed E-state index contributed by atoms with van der Waals surface area (Å²) in [6.45, 7) is 0.702. The molecule has 0 aliphatic carbocycles. The van der Waals surface area contributed by atoms with E-state index in [1.54, 1.807) is 0 Å². The Labute approximate surface area is 102 Å². The zero-order chi connectivity index (χ0) is 12.4. The first kappa shape index (κ1) is 11.8. The Morgan fingerprint density at radius 2 is 2.35 bits per heavy atom. The highest BCUT2D eigenvalue weighted by atomic mass is 35.5. The Balaban J connectivity index is 2.24. The lowest BCUT2D eigenvalue weighted by Crippen LogP contribution is -2.50. The van der Waals surface area contributed by atoms with Gasteiger partial charge in [0.05, 0.1) is 18.3 Å². The van der Waals surface area contributed by atoms with Gasteiger partial charge < -0.3 is 10.2 Å². The summed E-state index contributed by atoms with van der Waals surface area (Å²) in [5, 5.41) is 2.52. The number of carbonyl (C=O) groups is 2. The predicted molar refractivity (Wildman–Crippen MR) is 58.1 cm³/mol. The maximum atomic E-state index is 13.0. The van der Waals surface area contributed by atoms with Gasteiger partial charge in [0.1, 0.15) is 11.0 Å². The fourth-order valence-corrected chi connectivity index (χ4v) is 1.74. The van der Waals surface area contributed by atoms with Crippen molar-refractivity contribution in [1.82, 2.24) is 15.2 Å². The molecule has 2 heterocycles. The van der Waals surface area contributed by atoms with Crippen molar-refractivity contribution in [3.05, 3.63) is 28.8 Å². The number of aromatic nitrogens is 1. The molecule has 1 saturated heterocycles. The van der Waals surface area contributed by atoms with E-state index < -0.39 is 11.7 Å². The van der Waals surface area contributed by atoms with E-state index in [9.17, 15) is 14.0 Å². The van der Waals surface area contributed by atoms with Gasteiger partial charge in [-0.15, -0.1) is 0 Å². The molecule has 0 unspecified atom stereocenters. The van der Waals surface area contributed by atoms with Crippen molar-refractivity contribution in [1.29, 1.82) is 0 Å². The summed E-state index contributed by atoms with van der Waals surface area (Å²) in [4.78, 5) is 28.0. The zero-order valence-electron chi connectivity index (χ0n) is 8.74. The number of hydrogen-bond donors (Lipinski definition) is 1. The van der Waals surface area contributed by atoms with E-state index in [2.05, 4.69) is 10.3 Å². The van der Waals surface area contributed by atoms with Crippen LogP contribution in [0.1, 0.15) is 10.4 Å². The number of nitrogens with zero attached hydrogens (tertiary/aromatic N) is 2. The van der Waals surface area contributed by atoms with Gasteiger partial charge in [0.2, 0.25) is 5.91 Å². The molecule has 1 aromatic heterocycles. The standard InChI is InChI=1S/C10H9ClFN3O2/c11-9-7(3-6(12)4-14-9)10(17)15-2-1-13-8(16)5-15/h3-4H,1-2,5H2,(H,13,16). The van der Waals surface area contributed by atoms with Gasteiger partial charge in [0.25, 0.3) is 5.91 Å². The van der Waals surface area contributed by atoms with Crippen molar-refractivity contribution in [2.75, 3.05) is 19.6 Å². The number of hydrogen-bond acceptors (Lipinski definition) is 3. The van der Waals surface area contributed by atoms with Gasteiger partial charge in [-0.05, 0) is 6.07 Å². The van der Waals surface area contributed by atoms with E-state index in [-0.39, 0.29) is 23.2 Å². The Morgan fingerprint density at radius 3 is 3.06 bits per heavy atom. The lowest BCUT2D eigenvalue weighted by atomic mass is 10.2. The number of amides is 2. The molecule has 0 aromatic carbocycles. The highest BCUT2D eigenvalue weighted by molar-refractivity contribution is 6.32. The number of carbonyl (C=O) groups excluding carboxylic acids is 2. The summed E-state index contributed by atoms with van der Waals surface area (Å²) in [5.41, 5.74) is -0.0265. The summed E-state index contributed by atoms with van der Waals surface area (Å²) in [5.74, 6) is -1.37. The summed E-state index contributed by atoms with van der Waals surface area (Å²) in [6, 6.07) is 1.02. The first-order valence-corrected chi connectivity index (χ1v) is 5.33. The van der Waals surface area contributed by atoms with E-state index in [1.165, 1.54) is 4.90 Å². The second kappa shape index (κ2) is 4.67. The molecule has 0 radical (unpaired) electrons. The first-order valence-electron chi connectivity index (χ1n) is 4.95. The topological polar surface area (TPSA) is 62.3 Å². The number of halogens is 2. The molecule has 5 nitrogen and oxygen atoms in total. The summed E-state index contributed by atoms with van der Waals surface area (Å²) < 4.78 is 13.0. The maximum absolute atomic E-state index is 13.0. The third-order valence-electron chi connectivity index (χ3n) is 2.36. The Bertz CT molecular complexity index is 481. The van der Waals surface area contributed by atoms with Crippen LogP contribution in [0.2, 0.25) is 5.15 Å². The smallest absolute Gasteiger partial charge is 0.257 e. The molecule has 90 valence electrons. The van der Waals surface area contributed by atoms with Gasteiger partial charge in [-0.2, -0.15) is 0 Å². The Kier molecular flexibility index (Phi) is 3.23. The van der Waals surface area contributed by atoms with Crippen LogP contribution in [0, 0.1) is 5.82 Å². The second-order valence-corrected chi connectivity index (χ2v) is 3.93. The predicted octanol–water partition coefficient (Wildman–Crippen LogP) is 0.446. The average molecular weight is 258 g/mol. The van der Waals surface area contributed by atoms with Crippen LogP contribution >= 0.6 is 11.6 Å². The molecule has 0 bridgehead atoms. The molecule has 17 heavy (non-hydrogen) atoms. The number of nitrogens with one attached hydrogen (secondary N) is 1. The van der Waals surface area contributed by atoms with Crippen LogP contribution < -0.4 is 5.32 Å². The van der Waals surface area contributed by atoms with Gasteiger partial charge in [0.15, 0.2) is 0 Å². The fourth-order valence-electron chi connectivity index (χ4n) is 1.55. The van der Waals surface area contributed by atoms with Gasteiger partial charge >= 0.3 is 0 Å². The third-order valence-corrected chi connectivity index (χ3v) is 2.66. The molecule has 0 spiro atoms. The van der Waals surface area contributed by atoms with Crippen molar-refractivity contribution >= 4 is 23.4 Å². The van der Waals surface area contributed by atoms with Gasteiger partial charge in [0, 0.05) is 13.1 Å². The third kappa shape index (κ3) is 2.52. The fraction of sp³-hybridized carbons (Fsp3) is 0.300. The summed E-state index contributed by atoms with van der Waals surface area (Å²) >= 11 is 5.72. The van der Waals surface area contributed by atoms with Crippen LogP contribution in [0.15, 0.2) is 12.3 Å². The minimum absolute atomic E-state index is 0.0265. The molecule has 0 atom stereocenters. The number of rotatable bonds is 1. The maximum Gasteiger partial charge on any atom is 0.257 e. The number of piperazine rings is 1. The molecular formula is C10H9ClFN3O2. The van der Waals surface area contributed by atoms with Crippen LogP contribution in [-0.4, -0.2) is 41.3 Å². The SMILES string of the molecule is O=C1CN(C(=O)c2cc(F)cnc2Cl)CCN1. The zero-order valence-corrected chi connectivity index (χ0v) is 9.50. The van der Waals surface area contributed by atoms with Crippen molar-refractivity contribution < 1.29 is 14.0 Å². The quantitative estimate of drug-likeness (QED) is 0.743. The van der Waals surface area contributed by atoms with Crippen molar-refractivity contribution in [2.45, 2.75) is 0 Å². The van der Waals surface area contributed by atoms with Crippen molar-refractivity contribution in [2.24, 2.45) is 0 Å². The van der Waals surface area contributed by atoms with Gasteiger partial charge in [-0.1, -0.05) is 11.6 Å². The molecule has 1 aromatic rings. The highest BCUT2D eigenvalue weighted by Crippen LogP contribution is 2.16. The van der Waals surface area contributed by atoms with E-state index in [0.29, 0.717) is 13.1 Å². The Morgan fingerprint density at radius 1 is 1.59 bits per heavy atom. The van der Waals surface area contributed by atoms with Crippen LogP contribution in [-0.2, 0) is 4.79 Å². The minimum Gasteiger partial charge on any atom is -0.353 e. The lowest BCUT2D eigenvalue weighted by Gasteiger charge is -2.26. The second-order valence-electron chi connectivity index (χ2n) is 3.57. The van der Waals surface area contributed by atoms with Crippen LogP contribution in [0.25, 0.3) is 0 Å². The van der Waals surface area contributed by atoms with E-state index in [1.807, 2.05) is 0 Å². The monoisotopic (exact) mass is 257 g/mol. The Hall–Kier alpha value is -1.69. The first-order chi connectivity index (χ1) is 8.08. The molecular weight excluding hydrogens is 249 g/mol. The van der Waals surface area contributed by atoms with Crippen LogP contribution in [0.5, 0.6) is 0 Å². The largest absolute Gasteiger partial charge is 0.353 e. The molecule has 1 N–H and O–H groups in total.